The van der Waals surface area contributed by atoms with Gasteiger partial charge >= 0.3 is 0 Å². The lowest BCUT2D eigenvalue weighted by Gasteiger charge is -2.07. The van der Waals surface area contributed by atoms with Gasteiger partial charge in [-0.15, -0.1) is 0 Å². The molecule has 0 aromatic rings. The molecule has 0 saturated heterocycles. The van der Waals surface area contributed by atoms with Crippen molar-refractivity contribution in [3.8, 4) is 0 Å². The first-order valence-electron chi connectivity index (χ1n) is 5.67. The van der Waals surface area contributed by atoms with E-state index in [1.54, 1.807) is 0 Å². The molecule has 0 radical (unpaired) electrons. The quantitative estimate of drug-likeness (QED) is 0.575. The van der Waals surface area contributed by atoms with Crippen molar-refractivity contribution >= 4 is 0 Å². The average molecular weight is 200 g/mol. The molecule has 0 aliphatic heterocycles. The van der Waals surface area contributed by atoms with Crippen molar-refractivity contribution in [3.63, 3.8) is 0 Å². The van der Waals surface area contributed by atoms with Gasteiger partial charge in [0, 0.05) is 0 Å². The predicted molar refractivity (Wildman–Crippen MR) is 68.8 cm³/mol. The second kappa shape index (κ2) is 7.05. The molecule has 0 spiro atoms. The number of allylic oxidation sites excluding steroid dienone is 10. The van der Waals surface area contributed by atoms with Crippen LogP contribution in [0.3, 0.4) is 0 Å². The fraction of sp³-hybridized carbons (Fsp3) is 0.333. The molecule has 0 heteroatoms. The van der Waals surface area contributed by atoms with Crippen molar-refractivity contribution in [2.45, 2.75) is 33.1 Å². The molecule has 0 nitrogen and oxygen atoms in total. The Morgan fingerprint density at radius 3 is 2.73 bits per heavy atom. The maximum Gasteiger partial charge on any atom is -0.00323 e. The summed E-state index contributed by atoms with van der Waals surface area (Å²) in [5.74, 6) is 0. The van der Waals surface area contributed by atoms with Gasteiger partial charge in [0.05, 0.1) is 0 Å². The molecule has 1 aliphatic rings. The van der Waals surface area contributed by atoms with Gasteiger partial charge in [-0.1, -0.05) is 48.6 Å². The maximum absolute atomic E-state index is 2.34. The summed E-state index contributed by atoms with van der Waals surface area (Å²) in [7, 11) is 0. The molecule has 0 unspecified atom stereocenters. The van der Waals surface area contributed by atoms with E-state index in [9.17, 15) is 0 Å². The second-order valence-corrected chi connectivity index (χ2v) is 3.68. The van der Waals surface area contributed by atoms with Crippen molar-refractivity contribution in [3.05, 3.63) is 59.8 Å². The largest absolute Gasteiger partial charge is 0.0877 e. The molecule has 0 bridgehead atoms. The summed E-state index contributed by atoms with van der Waals surface area (Å²) >= 11 is 0. The topological polar surface area (TPSA) is 0 Å². The van der Waals surface area contributed by atoms with Gasteiger partial charge < -0.3 is 0 Å². The Labute approximate surface area is 93.4 Å². The van der Waals surface area contributed by atoms with Crippen LogP contribution in [0.1, 0.15) is 33.1 Å². The van der Waals surface area contributed by atoms with Gasteiger partial charge in [0.15, 0.2) is 0 Å². The van der Waals surface area contributed by atoms with Gasteiger partial charge in [-0.05, 0) is 44.3 Å². The predicted octanol–water partition coefficient (Wildman–Crippen LogP) is 4.73. The first kappa shape index (κ1) is 11.8. The molecule has 15 heavy (non-hydrogen) atoms. The highest BCUT2D eigenvalue weighted by molar-refractivity contribution is 5.33. The van der Waals surface area contributed by atoms with E-state index < -0.39 is 0 Å². The Morgan fingerprint density at radius 1 is 1.27 bits per heavy atom. The lowest BCUT2D eigenvalue weighted by molar-refractivity contribution is 0.994. The van der Waals surface area contributed by atoms with Crippen molar-refractivity contribution in [1.29, 1.82) is 0 Å². The van der Waals surface area contributed by atoms with Crippen molar-refractivity contribution in [1.82, 2.24) is 0 Å². The third kappa shape index (κ3) is 4.64. The summed E-state index contributed by atoms with van der Waals surface area (Å²) in [5.41, 5.74) is 2.82. The van der Waals surface area contributed by atoms with Gasteiger partial charge in [0.1, 0.15) is 0 Å². The maximum atomic E-state index is 2.34. The molecule has 0 aromatic heterocycles. The van der Waals surface area contributed by atoms with Crippen LogP contribution in [0.15, 0.2) is 59.8 Å². The summed E-state index contributed by atoms with van der Waals surface area (Å²) in [6, 6.07) is 0. The Morgan fingerprint density at radius 2 is 2.13 bits per heavy atom. The molecule has 0 atom stereocenters. The molecule has 80 valence electrons. The Hall–Kier alpha value is -1.30. The summed E-state index contributed by atoms with van der Waals surface area (Å²) in [6.07, 6.45) is 20.9. The molecule has 0 amide bonds. The Bertz CT molecular complexity index is 322. The molecule has 0 heterocycles. The van der Waals surface area contributed by atoms with Crippen LogP contribution in [0, 0.1) is 0 Å². The second-order valence-electron chi connectivity index (χ2n) is 3.68. The van der Waals surface area contributed by atoms with E-state index in [1.165, 1.54) is 24.0 Å². The monoisotopic (exact) mass is 200 g/mol. The van der Waals surface area contributed by atoms with Crippen LogP contribution in [-0.2, 0) is 0 Å². The van der Waals surface area contributed by atoms with E-state index in [2.05, 4.69) is 49.5 Å². The van der Waals surface area contributed by atoms with Crippen LogP contribution in [-0.4, -0.2) is 0 Å². The van der Waals surface area contributed by atoms with Crippen LogP contribution < -0.4 is 0 Å². The highest BCUT2D eigenvalue weighted by atomic mass is 14.0. The minimum Gasteiger partial charge on any atom is -0.0877 e. The number of rotatable bonds is 4. The minimum absolute atomic E-state index is 1.06. The third-order valence-corrected chi connectivity index (χ3v) is 2.46. The van der Waals surface area contributed by atoms with E-state index in [0.717, 1.165) is 6.42 Å². The first-order chi connectivity index (χ1) is 7.36. The summed E-state index contributed by atoms with van der Waals surface area (Å²) in [5, 5.41) is 0. The van der Waals surface area contributed by atoms with Crippen LogP contribution in [0.4, 0.5) is 0 Å². The highest BCUT2D eigenvalue weighted by Gasteiger charge is 1.98. The van der Waals surface area contributed by atoms with Gasteiger partial charge in [0.2, 0.25) is 0 Å². The molecule has 0 aromatic carbocycles. The van der Waals surface area contributed by atoms with E-state index in [0.29, 0.717) is 0 Å². The molecule has 1 aliphatic carbocycles. The molecular weight excluding hydrogens is 180 g/mol. The summed E-state index contributed by atoms with van der Waals surface area (Å²) in [4.78, 5) is 0. The fourth-order valence-electron chi connectivity index (χ4n) is 1.58. The molecule has 0 saturated carbocycles. The van der Waals surface area contributed by atoms with Crippen LogP contribution in [0.2, 0.25) is 0 Å². The van der Waals surface area contributed by atoms with Crippen molar-refractivity contribution in [2.75, 3.05) is 0 Å². The van der Waals surface area contributed by atoms with Crippen molar-refractivity contribution in [2.24, 2.45) is 0 Å². The Kier molecular flexibility index (Phi) is 5.54. The van der Waals surface area contributed by atoms with E-state index in [4.69, 9.17) is 0 Å². The van der Waals surface area contributed by atoms with E-state index in [-0.39, 0.29) is 0 Å². The fourth-order valence-corrected chi connectivity index (χ4v) is 1.58. The zero-order chi connectivity index (χ0) is 10.9. The minimum atomic E-state index is 1.06. The Balaban J connectivity index is 2.54. The summed E-state index contributed by atoms with van der Waals surface area (Å²) in [6.45, 7) is 4.13. The first-order valence-corrected chi connectivity index (χ1v) is 5.67. The standard InChI is InChI=1S/C15H20/c1-3-5-7-10-14(4-2)13-15-11-8-6-9-12-15/h3-5,7-8,10-12H,6,9,13H2,1-2H3/b5-3-,10-7-,14-4+. The zero-order valence-corrected chi connectivity index (χ0v) is 9.74. The van der Waals surface area contributed by atoms with Crippen LogP contribution in [0.25, 0.3) is 0 Å². The van der Waals surface area contributed by atoms with Gasteiger partial charge in [-0.25, -0.2) is 0 Å². The zero-order valence-electron chi connectivity index (χ0n) is 9.74. The molecule has 0 fully saturated rings. The highest BCUT2D eigenvalue weighted by Crippen LogP contribution is 2.18. The summed E-state index contributed by atoms with van der Waals surface area (Å²) < 4.78 is 0. The third-order valence-electron chi connectivity index (χ3n) is 2.46. The molecular formula is C15H20. The number of hydrogen-bond acceptors (Lipinski definition) is 0. The smallest absolute Gasteiger partial charge is 0.00323 e. The number of hydrogen-bond donors (Lipinski definition) is 0. The van der Waals surface area contributed by atoms with Gasteiger partial charge in [-0.2, -0.15) is 0 Å². The van der Waals surface area contributed by atoms with Crippen molar-refractivity contribution < 1.29 is 0 Å². The van der Waals surface area contributed by atoms with Crippen LogP contribution in [0.5, 0.6) is 0 Å². The average Bonchev–Trinajstić information content (AvgIpc) is 2.29. The normalized spacial score (nSPS) is 17.7. The van der Waals surface area contributed by atoms with E-state index >= 15 is 0 Å². The lowest BCUT2D eigenvalue weighted by Crippen LogP contribution is -1.87. The lowest BCUT2D eigenvalue weighted by atomic mass is 9.99. The SMILES string of the molecule is C\C=C/C=C\C(=C/C)CC1=CCCC=C1. The van der Waals surface area contributed by atoms with Crippen LogP contribution >= 0.6 is 0 Å². The molecule has 0 N–H and O–H groups in total. The van der Waals surface area contributed by atoms with Gasteiger partial charge in [-0.3, -0.25) is 0 Å². The van der Waals surface area contributed by atoms with Gasteiger partial charge in [0.25, 0.3) is 0 Å². The molecule has 1 rings (SSSR count). The van der Waals surface area contributed by atoms with E-state index in [1.807, 2.05) is 13.0 Å².